The number of nitrogens with zero attached hydrogens (tertiary/aromatic N) is 3. The average molecular weight is 347 g/mol. The Labute approximate surface area is 155 Å². The fourth-order valence-electron chi connectivity index (χ4n) is 4.02. The smallest absolute Gasteiger partial charge is 0.257 e. The highest BCUT2D eigenvalue weighted by Crippen LogP contribution is 2.30. The van der Waals surface area contributed by atoms with Crippen LogP contribution >= 0.6 is 0 Å². The van der Waals surface area contributed by atoms with Crippen molar-refractivity contribution >= 4 is 12.1 Å². The highest BCUT2D eigenvalue weighted by molar-refractivity contribution is 5.81. The maximum absolute atomic E-state index is 12.8. The summed E-state index contributed by atoms with van der Waals surface area (Å²) in [6.45, 7) is 2.40. The average Bonchev–Trinajstić information content (AvgIpc) is 3.20. The van der Waals surface area contributed by atoms with Gasteiger partial charge in [-0.3, -0.25) is 9.69 Å². The first-order valence-corrected chi connectivity index (χ1v) is 9.48. The minimum absolute atomic E-state index is 0.0468. The Hall–Kier alpha value is -2.46. The lowest BCUT2D eigenvalue weighted by molar-refractivity contribution is -0.134. The van der Waals surface area contributed by atoms with Gasteiger partial charge in [-0.15, -0.1) is 0 Å². The van der Waals surface area contributed by atoms with E-state index in [1.807, 2.05) is 24.4 Å². The molecule has 2 aromatic carbocycles. The van der Waals surface area contributed by atoms with Gasteiger partial charge >= 0.3 is 0 Å². The van der Waals surface area contributed by atoms with Gasteiger partial charge in [0, 0.05) is 12.6 Å². The Morgan fingerprint density at radius 2 is 1.54 bits per heavy atom. The monoisotopic (exact) mass is 347 g/mol. The summed E-state index contributed by atoms with van der Waals surface area (Å²) in [5, 5.41) is 6.03. The van der Waals surface area contributed by atoms with Crippen molar-refractivity contribution in [1.82, 2.24) is 9.91 Å². The van der Waals surface area contributed by atoms with E-state index < -0.39 is 0 Å². The molecule has 0 bridgehead atoms. The van der Waals surface area contributed by atoms with Crippen LogP contribution in [0.2, 0.25) is 0 Å². The van der Waals surface area contributed by atoms with E-state index in [9.17, 15) is 4.79 Å². The molecule has 0 spiro atoms. The van der Waals surface area contributed by atoms with Gasteiger partial charge in [-0.1, -0.05) is 60.7 Å². The van der Waals surface area contributed by atoms with E-state index >= 15 is 0 Å². The molecule has 0 aromatic heterocycles. The molecular weight excluding hydrogens is 322 g/mol. The number of rotatable bonds is 4. The van der Waals surface area contributed by atoms with Crippen molar-refractivity contribution in [1.29, 1.82) is 0 Å². The molecule has 0 unspecified atom stereocenters. The Morgan fingerprint density at radius 3 is 2.19 bits per heavy atom. The van der Waals surface area contributed by atoms with Gasteiger partial charge in [-0.25, -0.2) is 5.01 Å². The number of hydrazone groups is 1. The molecule has 2 heterocycles. The summed E-state index contributed by atoms with van der Waals surface area (Å²) in [7, 11) is 0. The first kappa shape index (κ1) is 17.0. The predicted molar refractivity (Wildman–Crippen MR) is 104 cm³/mol. The second-order valence-electron chi connectivity index (χ2n) is 7.16. The van der Waals surface area contributed by atoms with Crippen LogP contribution in [0.5, 0.6) is 0 Å². The fourth-order valence-corrected chi connectivity index (χ4v) is 4.02. The summed E-state index contributed by atoms with van der Waals surface area (Å²) in [5.41, 5.74) is 2.58. The molecular formula is C22H25N3O. The lowest BCUT2D eigenvalue weighted by Gasteiger charge is -2.33. The largest absolute Gasteiger partial charge is 0.294 e. The molecule has 1 saturated heterocycles. The van der Waals surface area contributed by atoms with E-state index in [2.05, 4.69) is 52.5 Å². The topological polar surface area (TPSA) is 35.9 Å². The molecule has 4 heteroatoms. The molecule has 2 aliphatic heterocycles. The van der Waals surface area contributed by atoms with Crippen LogP contribution in [0.25, 0.3) is 0 Å². The van der Waals surface area contributed by atoms with Crippen LogP contribution in [-0.2, 0) is 4.79 Å². The first-order valence-electron chi connectivity index (χ1n) is 9.48. The van der Waals surface area contributed by atoms with E-state index in [0.717, 1.165) is 37.9 Å². The lowest BCUT2D eigenvalue weighted by atomic mass is 9.89. The summed E-state index contributed by atoms with van der Waals surface area (Å²) < 4.78 is 0. The Kier molecular flexibility index (Phi) is 5.12. The standard InChI is InChI=1S/C22H25N3O/c26-22(25-21(11-14-23-25)20-9-5-2-6-10-20)17-24-15-12-19(13-16-24)18-7-3-1-4-8-18/h1-10,14,19,21H,11-13,15-17H2/t21-/m1/s1. The Morgan fingerprint density at radius 1 is 0.923 bits per heavy atom. The molecule has 4 nitrogen and oxygen atoms in total. The van der Waals surface area contributed by atoms with Crippen LogP contribution in [0.15, 0.2) is 65.8 Å². The molecule has 0 radical (unpaired) electrons. The van der Waals surface area contributed by atoms with E-state index in [0.29, 0.717) is 12.5 Å². The molecule has 1 fully saturated rings. The van der Waals surface area contributed by atoms with Crippen LogP contribution in [0, 0.1) is 0 Å². The Bertz CT molecular complexity index is 751. The molecule has 134 valence electrons. The normalized spacial score (nSPS) is 21.2. The number of carbonyl (C=O) groups is 1. The van der Waals surface area contributed by atoms with Crippen LogP contribution in [0.4, 0.5) is 0 Å². The summed E-state index contributed by atoms with van der Waals surface area (Å²) >= 11 is 0. The van der Waals surface area contributed by atoms with Gasteiger partial charge in [-0.2, -0.15) is 5.10 Å². The minimum Gasteiger partial charge on any atom is -0.294 e. The van der Waals surface area contributed by atoms with Crippen molar-refractivity contribution in [3.05, 3.63) is 71.8 Å². The van der Waals surface area contributed by atoms with Crippen molar-refractivity contribution in [3.8, 4) is 0 Å². The van der Waals surface area contributed by atoms with Crippen molar-refractivity contribution in [2.24, 2.45) is 5.10 Å². The summed E-state index contributed by atoms with van der Waals surface area (Å²) in [4.78, 5) is 15.1. The van der Waals surface area contributed by atoms with Crippen LogP contribution in [0.3, 0.4) is 0 Å². The zero-order chi connectivity index (χ0) is 17.8. The van der Waals surface area contributed by atoms with Gasteiger partial charge < -0.3 is 0 Å². The molecule has 1 atom stereocenters. The van der Waals surface area contributed by atoms with Crippen LogP contribution in [-0.4, -0.2) is 41.7 Å². The second kappa shape index (κ2) is 7.83. The number of piperidine rings is 1. The summed E-state index contributed by atoms with van der Waals surface area (Å²) in [6, 6.07) is 21.0. The zero-order valence-electron chi connectivity index (χ0n) is 15.0. The number of amides is 1. The number of hydrogen-bond donors (Lipinski definition) is 0. The van der Waals surface area contributed by atoms with Crippen LogP contribution < -0.4 is 0 Å². The number of carbonyl (C=O) groups excluding carboxylic acids is 1. The van der Waals surface area contributed by atoms with Gasteiger partial charge in [0.1, 0.15) is 0 Å². The summed E-state index contributed by atoms with van der Waals surface area (Å²) in [6.07, 6.45) is 4.88. The first-order chi connectivity index (χ1) is 12.8. The molecule has 0 aliphatic carbocycles. The SMILES string of the molecule is O=C(CN1CCC(c2ccccc2)CC1)N1N=CC[C@@H]1c1ccccc1. The van der Waals surface area contributed by atoms with Crippen molar-refractivity contribution < 1.29 is 4.79 Å². The van der Waals surface area contributed by atoms with E-state index in [1.165, 1.54) is 5.56 Å². The minimum atomic E-state index is 0.0468. The number of benzene rings is 2. The molecule has 1 amide bonds. The lowest BCUT2D eigenvalue weighted by Crippen LogP contribution is -2.41. The van der Waals surface area contributed by atoms with Crippen LogP contribution in [0.1, 0.15) is 42.3 Å². The van der Waals surface area contributed by atoms with Gasteiger partial charge in [0.05, 0.1) is 12.6 Å². The number of likely N-dealkylation sites (tertiary alicyclic amines) is 1. The maximum Gasteiger partial charge on any atom is 0.257 e. The third-order valence-corrected chi connectivity index (χ3v) is 5.49. The van der Waals surface area contributed by atoms with Crippen molar-refractivity contribution in [2.75, 3.05) is 19.6 Å². The van der Waals surface area contributed by atoms with Gasteiger partial charge in [-0.05, 0) is 43.0 Å². The molecule has 2 aromatic rings. The van der Waals surface area contributed by atoms with Gasteiger partial charge in [0.2, 0.25) is 0 Å². The van der Waals surface area contributed by atoms with Crippen molar-refractivity contribution in [3.63, 3.8) is 0 Å². The Balaban J connectivity index is 1.33. The summed E-state index contributed by atoms with van der Waals surface area (Å²) in [5.74, 6) is 0.718. The second-order valence-corrected chi connectivity index (χ2v) is 7.16. The third kappa shape index (κ3) is 3.70. The quantitative estimate of drug-likeness (QED) is 0.843. The maximum atomic E-state index is 12.8. The fraction of sp³-hybridized carbons (Fsp3) is 0.364. The molecule has 0 N–H and O–H groups in total. The highest BCUT2D eigenvalue weighted by Gasteiger charge is 2.30. The van der Waals surface area contributed by atoms with E-state index in [1.54, 1.807) is 5.01 Å². The zero-order valence-corrected chi connectivity index (χ0v) is 15.0. The molecule has 26 heavy (non-hydrogen) atoms. The van der Waals surface area contributed by atoms with Gasteiger partial charge in [0.15, 0.2) is 0 Å². The highest BCUT2D eigenvalue weighted by atomic mass is 16.2. The number of hydrogen-bond acceptors (Lipinski definition) is 3. The van der Waals surface area contributed by atoms with E-state index in [-0.39, 0.29) is 11.9 Å². The molecule has 4 rings (SSSR count). The molecule has 2 aliphatic rings. The van der Waals surface area contributed by atoms with Crippen molar-refractivity contribution in [2.45, 2.75) is 31.2 Å². The predicted octanol–water partition coefficient (Wildman–Crippen LogP) is 3.83. The third-order valence-electron chi connectivity index (χ3n) is 5.49. The van der Waals surface area contributed by atoms with E-state index in [4.69, 9.17) is 0 Å². The van der Waals surface area contributed by atoms with Gasteiger partial charge in [0.25, 0.3) is 5.91 Å². The molecule has 0 saturated carbocycles.